The van der Waals surface area contributed by atoms with E-state index in [1.165, 1.54) is 17.7 Å². The molecule has 0 radical (unpaired) electrons. The third-order valence-electron chi connectivity index (χ3n) is 4.00. The van der Waals surface area contributed by atoms with Crippen LogP contribution in [0.5, 0.6) is 0 Å². The van der Waals surface area contributed by atoms with Gasteiger partial charge in [-0.25, -0.2) is 4.79 Å². The maximum Gasteiger partial charge on any atom is 0.410 e. The lowest BCUT2D eigenvalue weighted by molar-refractivity contribution is 0.0193. The van der Waals surface area contributed by atoms with Gasteiger partial charge in [0.25, 0.3) is 0 Å². The van der Waals surface area contributed by atoms with Crippen molar-refractivity contribution in [3.8, 4) is 0 Å². The fourth-order valence-corrected chi connectivity index (χ4v) is 3.06. The second-order valence-corrected chi connectivity index (χ2v) is 6.85. The zero-order valence-corrected chi connectivity index (χ0v) is 13.0. The van der Waals surface area contributed by atoms with Crippen molar-refractivity contribution in [2.45, 2.75) is 51.7 Å². The van der Waals surface area contributed by atoms with Gasteiger partial charge in [-0.3, -0.25) is 5.10 Å². The van der Waals surface area contributed by atoms with Crippen LogP contribution in [0.1, 0.15) is 50.2 Å². The van der Waals surface area contributed by atoms with E-state index < -0.39 is 5.60 Å². The zero-order chi connectivity index (χ0) is 15.0. The molecule has 2 heterocycles. The number of aromatic amines is 1. The van der Waals surface area contributed by atoms with E-state index in [1.807, 2.05) is 20.8 Å². The fraction of sp³-hybridized carbons (Fsp3) is 0.733. The minimum Gasteiger partial charge on any atom is -0.444 e. The molecule has 0 spiro atoms. The number of hydrogen-bond donors (Lipinski definition) is 2. The smallest absolute Gasteiger partial charge is 0.410 e. The molecule has 21 heavy (non-hydrogen) atoms. The molecule has 6 nitrogen and oxygen atoms in total. The molecule has 1 aliphatic carbocycles. The number of nitrogens with zero attached hydrogens (tertiary/aromatic N) is 2. The predicted octanol–water partition coefficient (Wildman–Crippen LogP) is 1.78. The van der Waals surface area contributed by atoms with Crippen LogP contribution in [0.25, 0.3) is 0 Å². The van der Waals surface area contributed by atoms with Crippen LogP contribution < -0.4 is 5.32 Å². The minimum absolute atomic E-state index is 0.101. The third kappa shape index (κ3) is 3.05. The number of amides is 1. The molecule has 116 valence electrons. The van der Waals surface area contributed by atoms with Crippen LogP contribution in [0.2, 0.25) is 0 Å². The zero-order valence-electron chi connectivity index (χ0n) is 13.0. The molecule has 1 aromatic heterocycles. The topological polar surface area (TPSA) is 70.2 Å². The van der Waals surface area contributed by atoms with Gasteiger partial charge in [0.05, 0.1) is 11.7 Å². The molecule has 1 unspecified atom stereocenters. The number of aromatic nitrogens is 2. The quantitative estimate of drug-likeness (QED) is 0.828. The van der Waals surface area contributed by atoms with Gasteiger partial charge in [0, 0.05) is 25.3 Å². The first-order valence-electron chi connectivity index (χ1n) is 7.71. The monoisotopic (exact) mass is 292 g/mol. The summed E-state index contributed by atoms with van der Waals surface area (Å²) in [6, 6.07) is 0.101. The summed E-state index contributed by atoms with van der Waals surface area (Å²) in [7, 11) is 0. The summed E-state index contributed by atoms with van der Waals surface area (Å²) < 4.78 is 5.47. The SMILES string of the molecule is CC(C)(C)OC(=O)N1CCNC(c2n[nH]c3c2CCC3)C1. The molecule has 0 saturated carbocycles. The van der Waals surface area contributed by atoms with Crippen molar-refractivity contribution in [3.63, 3.8) is 0 Å². The second kappa shape index (κ2) is 5.33. The maximum atomic E-state index is 12.2. The largest absolute Gasteiger partial charge is 0.444 e. The van der Waals surface area contributed by atoms with Crippen LogP contribution in [-0.2, 0) is 17.6 Å². The standard InChI is InChI=1S/C15H24N4O2/c1-15(2,3)21-14(20)19-8-7-16-12(9-19)13-10-5-4-6-11(10)17-18-13/h12,16H,4-9H2,1-3H3,(H,17,18). The van der Waals surface area contributed by atoms with Gasteiger partial charge in [-0.15, -0.1) is 0 Å². The molecular formula is C15H24N4O2. The summed E-state index contributed by atoms with van der Waals surface area (Å²) in [5.74, 6) is 0. The Kier molecular flexibility index (Phi) is 3.65. The van der Waals surface area contributed by atoms with Crippen LogP contribution in [0.4, 0.5) is 4.79 Å². The van der Waals surface area contributed by atoms with E-state index in [0.717, 1.165) is 25.1 Å². The van der Waals surface area contributed by atoms with Gasteiger partial charge >= 0.3 is 6.09 Å². The average Bonchev–Trinajstić information content (AvgIpc) is 2.99. The maximum absolute atomic E-state index is 12.2. The van der Waals surface area contributed by atoms with E-state index in [9.17, 15) is 4.79 Å². The molecule has 6 heteroatoms. The second-order valence-electron chi connectivity index (χ2n) is 6.85. The highest BCUT2D eigenvalue weighted by Gasteiger charge is 2.31. The van der Waals surface area contributed by atoms with Gasteiger partial charge in [-0.05, 0) is 45.6 Å². The van der Waals surface area contributed by atoms with Gasteiger partial charge in [0.2, 0.25) is 0 Å². The van der Waals surface area contributed by atoms with Crippen molar-refractivity contribution < 1.29 is 9.53 Å². The Morgan fingerprint density at radius 2 is 2.19 bits per heavy atom. The molecule has 2 aliphatic rings. The molecule has 0 bridgehead atoms. The summed E-state index contributed by atoms with van der Waals surface area (Å²) in [5.41, 5.74) is 3.24. The molecule has 1 saturated heterocycles. The highest BCUT2D eigenvalue weighted by Crippen LogP contribution is 2.28. The molecule has 1 aliphatic heterocycles. The van der Waals surface area contributed by atoms with Crippen molar-refractivity contribution in [2.24, 2.45) is 0 Å². The molecule has 1 amide bonds. The van der Waals surface area contributed by atoms with Gasteiger partial charge in [0.15, 0.2) is 0 Å². The highest BCUT2D eigenvalue weighted by molar-refractivity contribution is 5.68. The molecule has 2 N–H and O–H groups in total. The van der Waals surface area contributed by atoms with Crippen LogP contribution in [0, 0.1) is 0 Å². The predicted molar refractivity (Wildman–Crippen MR) is 79.2 cm³/mol. The lowest BCUT2D eigenvalue weighted by Crippen LogP contribution is -2.50. The van der Waals surface area contributed by atoms with Crippen LogP contribution in [0.15, 0.2) is 0 Å². The molecule has 1 fully saturated rings. The van der Waals surface area contributed by atoms with E-state index in [-0.39, 0.29) is 12.1 Å². The first kappa shape index (κ1) is 14.4. The number of rotatable bonds is 1. The summed E-state index contributed by atoms with van der Waals surface area (Å²) >= 11 is 0. The van der Waals surface area contributed by atoms with E-state index in [1.54, 1.807) is 4.90 Å². The third-order valence-corrected chi connectivity index (χ3v) is 4.00. The number of aryl methyl sites for hydroxylation is 1. The van der Waals surface area contributed by atoms with Crippen molar-refractivity contribution >= 4 is 6.09 Å². The first-order chi connectivity index (χ1) is 9.94. The summed E-state index contributed by atoms with van der Waals surface area (Å²) in [6.45, 7) is 7.75. The number of carbonyl (C=O) groups is 1. The number of fused-ring (bicyclic) bond motifs is 1. The van der Waals surface area contributed by atoms with Crippen LogP contribution >= 0.6 is 0 Å². The van der Waals surface area contributed by atoms with Crippen molar-refractivity contribution in [1.29, 1.82) is 0 Å². The number of carbonyl (C=O) groups excluding carboxylic acids is 1. The molecule has 1 atom stereocenters. The van der Waals surface area contributed by atoms with Crippen molar-refractivity contribution in [2.75, 3.05) is 19.6 Å². The van der Waals surface area contributed by atoms with E-state index >= 15 is 0 Å². The molecule has 3 rings (SSSR count). The van der Waals surface area contributed by atoms with E-state index in [0.29, 0.717) is 13.1 Å². The van der Waals surface area contributed by atoms with Crippen molar-refractivity contribution in [1.82, 2.24) is 20.4 Å². The Balaban J connectivity index is 1.70. The summed E-state index contributed by atoms with van der Waals surface area (Å²) in [5, 5.41) is 11.1. The molecule has 1 aromatic rings. The Morgan fingerprint density at radius 3 is 2.95 bits per heavy atom. The van der Waals surface area contributed by atoms with Crippen LogP contribution in [-0.4, -0.2) is 46.4 Å². The van der Waals surface area contributed by atoms with E-state index in [2.05, 4.69) is 15.5 Å². The summed E-state index contributed by atoms with van der Waals surface area (Å²) in [4.78, 5) is 14.0. The van der Waals surface area contributed by atoms with Gasteiger partial charge in [-0.1, -0.05) is 0 Å². The number of nitrogens with one attached hydrogen (secondary N) is 2. The number of H-pyrrole nitrogens is 1. The Labute approximate surface area is 125 Å². The number of piperazine rings is 1. The van der Waals surface area contributed by atoms with Gasteiger partial charge in [-0.2, -0.15) is 5.10 Å². The van der Waals surface area contributed by atoms with Crippen LogP contribution in [0.3, 0.4) is 0 Å². The molecule has 0 aromatic carbocycles. The number of ether oxygens (including phenoxy) is 1. The lowest BCUT2D eigenvalue weighted by Gasteiger charge is -2.34. The van der Waals surface area contributed by atoms with Gasteiger partial charge < -0.3 is 15.0 Å². The Bertz CT molecular complexity index is 532. The summed E-state index contributed by atoms with van der Waals surface area (Å²) in [6.07, 6.45) is 3.14. The Hall–Kier alpha value is -1.56. The number of hydrogen-bond acceptors (Lipinski definition) is 4. The van der Waals surface area contributed by atoms with E-state index in [4.69, 9.17) is 4.74 Å². The van der Waals surface area contributed by atoms with Gasteiger partial charge in [0.1, 0.15) is 5.60 Å². The first-order valence-corrected chi connectivity index (χ1v) is 7.71. The fourth-order valence-electron chi connectivity index (χ4n) is 3.06. The lowest BCUT2D eigenvalue weighted by atomic mass is 10.1. The highest BCUT2D eigenvalue weighted by atomic mass is 16.6. The average molecular weight is 292 g/mol. The Morgan fingerprint density at radius 1 is 1.38 bits per heavy atom. The normalized spacial score (nSPS) is 22.2. The van der Waals surface area contributed by atoms with Crippen molar-refractivity contribution in [3.05, 3.63) is 17.0 Å². The minimum atomic E-state index is -0.453. The molecular weight excluding hydrogens is 268 g/mol.